The summed E-state index contributed by atoms with van der Waals surface area (Å²) < 4.78 is 0. The number of hydrogen-bond donors (Lipinski definition) is 1. The SMILES string of the molecule is CC(C)[C@](C)(C#N)NC(=O)[C@H](C)Sc1nc(C2CC2)nc2ccccc12. The Kier molecular flexibility index (Phi) is 5.19. The first-order valence-corrected chi connectivity index (χ1v) is 9.88. The van der Waals surface area contributed by atoms with Crippen LogP contribution in [0.4, 0.5) is 0 Å². The number of carbonyl (C=O) groups is 1. The summed E-state index contributed by atoms with van der Waals surface area (Å²) in [6.45, 7) is 7.48. The molecule has 1 heterocycles. The average Bonchev–Trinajstić information content (AvgIpc) is 3.46. The summed E-state index contributed by atoms with van der Waals surface area (Å²) in [7, 11) is 0. The molecule has 0 unspecified atom stereocenters. The largest absolute Gasteiger partial charge is 0.337 e. The van der Waals surface area contributed by atoms with Crippen molar-refractivity contribution in [2.75, 3.05) is 0 Å². The van der Waals surface area contributed by atoms with Crippen molar-refractivity contribution in [2.45, 2.75) is 62.3 Å². The maximum Gasteiger partial charge on any atom is 0.234 e. The average molecular weight is 369 g/mol. The van der Waals surface area contributed by atoms with Gasteiger partial charge in [-0.25, -0.2) is 9.97 Å². The molecule has 26 heavy (non-hydrogen) atoms. The third kappa shape index (κ3) is 3.83. The Hall–Kier alpha value is -2.13. The monoisotopic (exact) mass is 368 g/mol. The Morgan fingerprint density at radius 2 is 2.00 bits per heavy atom. The van der Waals surface area contributed by atoms with Crippen LogP contribution < -0.4 is 5.32 Å². The number of para-hydroxylation sites is 1. The van der Waals surface area contributed by atoms with Gasteiger partial charge in [-0.3, -0.25) is 4.79 Å². The number of aromatic nitrogens is 2. The van der Waals surface area contributed by atoms with Crippen LogP contribution in [-0.4, -0.2) is 26.7 Å². The molecule has 0 bridgehead atoms. The predicted molar refractivity (Wildman–Crippen MR) is 104 cm³/mol. The Labute approximate surface area is 158 Å². The normalized spacial score (nSPS) is 17.5. The van der Waals surface area contributed by atoms with Crippen LogP contribution >= 0.6 is 11.8 Å². The number of nitrogens with zero attached hydrogens (tertiary/aromatic N) is 3. The van der Waals surface area contributed by atoms with Gasteiger partial charge in [0, 0.05) is 11.3 Å². The molecule has 5 nitrogen and oxygen atoms in total. The van der Waals surface area contributed by atoms with Crippen LogP contribution in [0.3, 0.4) is 0 Å². The zero-order valence-electron chi connectivity index (χ0n) is 15.6. The van der Waals surface area contributed by atoms with E-state index in [4.69, 9.17) is 4.98 Å². The van der Waals surface area contributed by atoms with Gasteiger partial charge in [-0.2, -0.15) is 5.26 Å². The molecule has 136 valence electrons. The molecule has 0 aliphatic heterocycles. The summed E-state index contributed by atoms with van der Waals surface area (Å²) in [4.78, 5) is 22.1. The first-order chi connectivity index (χ1) is 12.3. The highest BCUT2D eigenvalue weighted by Gasteiger charge is 2.32. The maximum absolute atomic E-state index is 12.7. The van der Waals surface area contributed by atoms with Crippen LogP contribution in [0.5, 0.6) is 0 Å². The lowest BCUT2D eigenvalue weighted by atomic mass is 9.90. The number of nitrogens with one attached hydrogen (secondary N) is 1. The molecular weight excluding hydrogens is 344 g/mol. The number of amides is 1. The van der Waals surface area contributed by atoms with E-state index in [1.54, 1.807) is 6.92 Å². The van der Waals surface area contributed by atoms with E-state index in [2.05, 4.69) is 16.4 Å². The molecule has 2 aromatic rings. The van der Waals surface area contributed by atoms with Crippen molar-refractivity contribution in [2.24, 2.45) is 5.92 Å². The van der Waals surface area contributed by atoms with Gasteiger partial charge in [0.1, 0.15) is 16.4 Å². The van der Waals surface area contributed by atoms with E-state index in [9.17, 15) is 10.1 Å². The molecule has 1 aliphatic carbocycles. The van der Waals surface area contributed by atoms with Gasteiger partial charge in [-0.1, -0.05) is 43.8 Å². The molecule has 2 atom stereocenters. The number of carbonyl (C=O) groups excluding carboxylic acids is 1. The van der Waals surface area contributed by atoms with Gasteiger partial charge in [0.15, 0.2) is 0 Å². The molecule has 3 rings (SSSR count). The van der Waals surface area contributed by atoms with Crippen molar-refractivity contribution in [1.29, 1.82) is 5.26 Å². The zero-order valence-corrected chi connectivity index (χ0v) is 16.4. The summed E-state index contributed by atoms with van der Waals surface area (Å²) in [5, 5.41) is 13.8. The second-order valence-electron chi connectivity index (χ2n) is 7.40. The highest BCUT2D eigenvalue weighted by Crippen LogP contribution is 2.40. The van der Waals surface area contributed by atoms with Crippen molar-refractivity contribution in [3.63, 3.8) is 0 Å². The fourth-order valence-electron chi connectivity index (χ4n) is 2.56. The van der Waals surface area contributed by atoms with E-state index in [-0.39, 0.29) is 17.1 Å². The van der Waals surface area contributed by atoms with Gasteiger partial charge in [-0.05, 0) is 38.7 Å². The van der Waals surface area contributed by atoms with Crippen LogP contribution in [0.15, 0.2) is 29.3 Å². The summed E-state index contributed by atoms with van der Waals surface area (Å²) in [6, 6.07) is 10.1. The second kappa shape index (κ2) is 7.24. The van der Waals surface area contributed by atoms with Crippen LogP contribution in [0.25, 0.3) is 10.9 Å². The summed E-state index contributed by atoms with van der Waals surface area (Å²) in [6.07, 6.45) is 2.26. The summed E-state index contributed by atoms with van der Waals surface area (Å²) in [5.41, 5.74) is 0.0438. The molecule has 1 saturated carbocycles. The van der Waals surface area contributed by atoms with Crippen LogP contribution in [0.2, 0.25) is 0 Å². The standard InChI is InChI=1S/C20H24N4OS/c1-12(2)20(4,11-21)24-18(25)13(3)26-19-15-7-5-6-8-16(15)22-17(23-19)14-9-10-14/h5-8,12-14H,9-10H2,1-4H3,(H,24,25)/t13-,20-/m0/s1. The molecular formula is C20H24N4OS. The maximum atomic E-state index is 12.7. The van der Waals surface area contributed by atoms with Crippen molar-refractivity contribution in [3.8, 4) is 6.07 Å². The first kappa shape index (κ1) is 18.7. The van der Waals surface area contributed by atoms with Crippen LogP contribution in [-0.2, 0) is 4.79 Å². The van der Waals surface area contributed by atoms with E-state index >= 15 is 0 Å². The fourth-order valence-corrected chi connectivity index (χ4v) is 3.51. The Bertz CT molecular complexity index is 872. The van der Waals surface area contributed by atoms with Gasteiger partial charge in [0.05, 0.1) is 16.8 Å². The third-order valence-electron chi connectivity index (χ3n) is 4.96. The molecule has 1 aromatic carbocycles. The minimum absolute atomic E-state index is 0.0231. The van der Waals surface area contributed by atoms with E-state index < -0.39 is 5.54 Å². The molecule has 0 spiro atoms. The molecule has 1 amide bonds. The Morgan fingerprint density at radius 3 is 2.62 bits per heavy atom. The molecule has 1 fully saturated rings. The molecule has 6 heteroatoms. The lowest BCUT2D eigenvalue weighted by molar-refractivity contribution is -0.121. The van der Waals surface area contributed by atoms with Crippen LogP contribution in [0, 0.1) is 17.2 Å². The van der Waals surface area contributed by atoms with Gasteiger partial charge in [0.25, 0.3) is 0 Å². The highest BCUT2D eigenvalue weighted by atomic mass is 32.2. The molecule has 1 N–H and O–H groups in total. The molecule has 1 aromatic heterocycles. The van der Waals surface area contributed by atoms with Crippen molar-refractivity contribution in [1.82, 2.24) is 15.3 Å². The summed E-state index contributed by atoms with van der Waals surface area (Å²) in [5.74, 6) is 1.20. The Balaban J connectivity index is 1.84. The number of fused-ring (bicyclic) bond motifs is 1. The smallest absolute Gasteiger partial charge is 0.234 e. The number of thioether (sulfide) groups is 1. The van der Waals surface area contributed by atoms with Crippen molar-refractivity contribution in [3.05, 3.63) is 30.1 Å². The van der Waals surface area contributed by atoms with Crippen LogP contribution in [0.1, 0.15) is 52.3 Å². The predicted octanol–water partition coefficient (Wildman–Crippen LogP) is 4.04. The van der Waals surface area contributed by atoms with Gasteiger partial charge >= 0.3 is 0 Å². The van der Waals surface area contributed by atoms with Gasteiger partial charge in [-0.15, -0.1) is 0 Å². The zero-order chi connectivity index (χ0) is 18.9. The van der Waals surface area contributed by atoms with Crippen molar-refractivity contribution >= 4 is 28.6 Å². The highest BCUT2D eigenvalue weighted by molar-refractivity contribution is 8.00. The molecule has 0 radical (unpaired) electrons. The van der Waals surface area contributed by atoms with Crippen molar-refractivity contribution < 1.29 is 4.79 Å². The second-order valence-corrected chi connectivity index (χ2v) is 8.73. The summed E-state index contributed by atoms with van der Waals surface area (Å²) >= 11 is 1.43. The fraction of sp³-hybridized carbons (Fsp3) is 0.500. The number of rotatable bonds is 6. The topological polar surface area (TPSA) is 78.7 Å². The minimum Gasteiger partial charge on any atom is -0.337 e. The molecule has 1 aliphatic rings. The third-order valence-corrected chi connectivity index (χ3v) is 6.06. The minimum atomic E-state index is -0.876. The molecule has 0 saturated heterocycles. The van der Waals surface area contributed by atoms with E-state index in [1.165, 1.54) is 11.8 Å². The first-order valence-electron chi connectivity index (χ1n) is 9.00. The lowest BCUT2D eigenvalue weighted by Crippen LogP contribution is -2.51. The quantitative estimate of drug-likeness (QED) is 0.615. The van der Waals surface area contributed by atoms with Gasteiger partial charge in [0.2, 0.25) is 5.91 Å². The number of hydrogen-bond acceptors (Lipinski definition) is 5. The Morgan fingerprint density at radius 1 is 1.31 bits per heavy atom. The van der Waals surface area contributed by atoms with E-state index in [1.807, 2.05) is 45.0 Å². The number of nitriles is 1. The number of benzene rings is 1. The van der Waals surface area contributed by atoms with E-state index in [0.717, 1.165) is 34.6 Å². The lowest BCUT2D eigenvalue weighted by Gasteiger charge is -2.28. The van der Waals surface area contributed by atoms with E-state index in [0.29, 0.717) is 5.92 Å². The van der Waals surface area contributed by atoms with Gasteiger partial charge < -0.3 is 5.32 Å².